The van der Waals surface area contributed by atoms with Crippen molar-refractivity contribution in [2.75, 3.05) is 26.7 Å². The van der Waals surface area contributed by atoms with E-state index in [1.54, 1.807) is 41.6 Å². The van der Waals surface area contributed by atoms with E-state index in [1.165, 1.54) is 19.2 Å². The van der Waals surface area contributed by atoms with Crippen molar-refractivity contribution < 1.29 is 17.9 Å². The minimum absolute atomic E-state index is 0.0641. The summed E-state index contributed by atoms with van der Waals surface area (Å²) in [6.45, 7) is 1.50. The van der Waals surface area contributed by atoms with Gasteiger partial charge < -0.3 is 9.64 Å². The summed E-state index contributed by atoms with van der Waals surface area (Å²) in [5, 5.41) is 0. The van der Waals surface area contributed by atoms with E-state index < -0.39 is 10.0 Å². The van der Waals surface area contributed by atoms with E-state index in [0.29, 0.717) is 30.9 Å². The summed E-state index contributed by atoms with van der Waals surface area (Å²) in [7, 11) is -2.06. The summed E-state index contributed by atoms with van der Waals surface area (Å²) in [6, 6.07) is 9.73. The molecule has 0 saturated carbocycles. The number of hydrogen-bond acceptors (Lipinski definition) is 5. The Bertz CT molecular complexity index is 870. The summed E-state index contributed by atoms with van der Waals surface area (Å²) in [6.07, 6.45) is 4.91. The Labute approximate surface area is 159 Å². The van der Waals surface area contributed by atoms with Crippen LogP contribution in [0, 0.1) is 5.92 Å². The Morgan fingerprint density at radius 1 is 1.30 bits per heavy atom. The Morgan fingerprint density at radius 2 is 2.07 bits per heavy atom. The fourth-order valence-corrected chi connectivity index (χ4v) is 4.27. The Kier molecular flexibility index (Phi) is 6.08. The molecule has 8 heteroatoms. The van der Waals surface area contributed by atoms with Crippen LogP contribution in [0.2, 0.25) is 0 Å². The molecule has 1 fully saturated rings. The van der Waals surface area contributed by atoms with E-state index >= 15 is 0 Å². The molecule has 1 aromatic heterocycles. The van der Waals surface area contributed by atoms with Crippen LogP contribution in [0.5, 0.6) is 5.75 Å². The molecule has 1 atom stereocenters. The molecule has 1 aliphatic rings. The lowest BCUT2D eigenvalue weighted by molar-refractivity contribution is 0.0676. The number of pyridine rings is 1. The summed E-state index contributed by atoms with van der Waals surface area (Å²) in [4.78, 5) is 18.5. The van der Waals surface area contributed by atoms with Gasteiger partial charge in [0.1, 0.15) is 5.75 Å². The van der Waals surface area contributed by atoms with Crippen LogP contribution in [-0.2, 0) is 10.0 Å². The molecule has 7 nitrogen and oxygen atoms in total. The van der Waals surface area contributed by atoms with Gasteiger partial charge in [-0.3, -0.25) is 9.78 Å². The van der Waals surface area contributed by atoms with E-state index in [-0.39, 0.29) is 16.7 Å². The molecule has 2 heterocycles. The van der Waals surface area contributed by atoms with Crippen LogP contribution >= 0.6 is 0 Å². The molecular formula is C19H23N3O4S. The third-order valence-corrected chi connectivity index (χ3v) is 6.09. The quantitative estimate of drug-likeness (QED) is 0.815. The van der Waals surface area contributed by atoms with Gasteiger partial charge >= 0.3 is 0 Å². The van der Waals surface area contributed by atoms with Crippen molar-refractivity contribution >= 4 is 15.9 Å². The topological polar surface area (TPSA) is 88.6 Å². The lowest BCUT2D eigenvalue weighted by atomic mass is 9.98. The van der Waals surface area contributed by atoms with Gasteiger partial charge in [0.2, 0.25) is 10.0 Å². The number of carbonyl (C=O) groups excluding carboxylic acids is 1. The highest BCUT2D eigenvalue weighted by Gasteiger charge is 2.26. The van der Waals surface area contributed by atoms with Crippen LogP contribution in [0.25, 0.3) is 0 Å². The first kappa shape index (κ1) is 19.3. The number of nitrogens with one attached hydrogen (secondary N) is 1. The second-order valence-corrected chi connectivity index (χ2v) is 8.30. The van der Waals surface area contributed by atoms with Gasteiger partial charge in [0.15, 0.2) is 0 Å². The van der Waals surface area contributed by atoms with E-state index in [4.69, 9.17) is 4.74 Å². The minimum Gasteiger partial charge on any atom is -0.497 e. The maximum atomic E-state index is 12.6. The molecule has 0 unspecified atom stereocenters. The smallest absolute Gasteiger partial charge is 0.255 e. The highest BCUT2D eigenvalue weighted by molar-refractivity contribution is 7.89. The third-order valence-electron chi connectivity index (χ3n) is 4.65. The largest absolute Gasteiger partial charge is 0.497 e. The normalized spacial score (nSPS) is 17.5. The molecule has 2 aromatic rings. The van der Waals surface area contributed by atoms with Gasteiger partial charge in [-0.25, -0.2) is 13.1 Å². The average molecular weight is 389 g/mol. The second-order valence-electron chi connectivity index (χ2n) is 6.53. The first-order valence-electron chi connectivity index (χ1n) is 8.82. The van der Waals surface area contributed by atoms with Crippen LogP contribution in [0.1, 0.15) is 23.2 Å². The third kappa shape index (κ3) is 4.84. The molecule has 1 aliphatic heterocycles. The first-order chi connectivity index (χ1) is 13.0. The molecule has 1 N–H and O–H groups in total. The zero-order chi connectivity index (χ0) is 19.3. The zero-order valence-corrected chi connectivity index (χ0v) is 16.0. The lowest BCUT2D eigenvalue weighted by Crippen LogP contribution is -2.43. The maximum absolute atomic E-state index is 12.6. The number of hydrogen-bond donors (Lipinski definition) is 1. The van der Waals surface area contributed by atoms with E-state index in [1.807, 2.05) is 0 Å². The van der Waals surface area contributed by atoms with Gasteiger partial charge in [-0.15, -0.1) is 0 Å². The molecule has 0 radical (unpaired) electrons. The molecule has 27 heavy (non-hydrogen) atoms. The highest BCUT2D eigenvalue weighted by Crippen LogP contribution is 2.20. The van der Waals surface area contributed by atoms with Crippen molar-refractivity contribution in [2.24, 2.45) is 5.92 Å². The predicted molar refractivity (Wildman–Crippen MR) is 101 cm³/mol. The van der Waals surface area contributed by atoms with Gasteiger partial charge in [0, 0.05) is 32.0 Å². The number of likely N-dealkylation sites (tertiary alicyclic amines) is 1. The molecule has 0 aliphatic carbocycles. The first-order valence-corrected chi connectivity index (χ1v) is 10.3. The number of amides is 1. The van der Waals surface area contributed by atoms with Crippen molar-refractivity contribution in [3.05, 3.63) is 54.4 Å². The molecule has 3 rings (SSSR count). The van der Waals surface area contributed by atoms with Crippen molar-refractivity contribution in [2.45, 2.75) is 17.7 Å². The monoisotopic (exact) mass is 389 g/mol. The number of aromatic nitrogens is 1. The fourth-order valence-electron chi connectivity index (χ4n) is 3.15. The molecule has 0 spiro atoms. The van der Waals surface area contributed by atoms with Gasteiger partial charge in [-0.2, -0.15) is 0 Å². The van der Waals surface area contributed by atoms with Crippen LogP contribution in [-0.4, -0.2) is 51.0 Å². The molecular weight excluding hydrogens is 366 g/mol. The Morgan fingerprint density at radius 3 is 2.74 bits per heavy atom. The standard InChI is InChI=1S/C19H23N3O4S/c1-26-17-6-8-18(9-7-17)27(24,25)21-12-15-4-3-11-22(14-15)19(23)16-5-2-10-20-13-16/h2,5-10,13,15,21H,3-4,11-12,14H2,1H3/t15-/m0/s1. The van der Waals surface area contributed by atoms with E-state index in [9.17, 15) is 13.2 Å². The van der Waals surface area contributed by atoms with E-state index in [0.717, 1.165) is 12.8 Å². The van der Waals surface area contributed by atoms with Crippen molar-refractivity contribution in [3.8, 4) is 5.75 Å². The number of benzene rings is 1. The number of carbonyl (C=O) groups is 1. The van der Waals surface area contributed by atoms with Crippen molar-refractivity contribution in [1.82, 2.24) is 14.6 Å². The number of sulfonamides is 1. The Hall–Kier alpha value is -2.45. The average Bonchev–Trinajstić information content (AvgIpc) is 2.72. The fraction of sp³-hybridized carbons (Fsp3) is 0.368. The van der Waals surface area contributed by atoms with Gasteiger partial charge in [0.05, 0.1) is 17.6 Å². The highest BCUT2D eigenvalue weighted by atomic mass is 32.2. The molecule has 144 valence electrons. The summed E-state index contributed by atoms with van der Waals surface area (Å²) < 4.78 is 32.7. The van der Waals surface area contributed by atoms with Crippen molar-refractivity contribution in [1.29, 1.82) is 0 Å². The number of methoxy groups -OCH3 is 1. The van der Waals surface area contributed by atoms with Crippen LogP contribution in [0.4, 0.5) is 0 Å². The lowest BCUT2D eigenvalue weighted by Gasteiger charge is -2.32. The van der Waals surface area contributed by atoms with Gasteiger partial charge in [0.25, 0.3) is 5.91 Å². The molecule has 1 saturated heterocycles. The number of rotatable bonds is 6. The SMILES string of the molecule is COc1ccc(S(=O)(=O)NC[C@@H]2CCCN(C(=O)c3cccnc3)C2)cc1. The van der Waals surface area contributed by atoms with E-state index in [2.05, 4.69) is 9.71 Å². The zero-order valence-electron chi connectivity index (χ0n) is 15.2. The van der Waals surface area contributed by atoms with Crippen LogP contribution in [0.3, 0.4) is 0 Å². The Balaban J connectivity index is 1.59. The number of piperidine rings is 1. The molecule has 1 aromatic carbocycles. The summed E-state index contributed by atoms with van der Waals surface area (Å²) in [5.74, 6) is 0.615. The van der Waals surface area contributed by atoms with Gasteiger partial charge in [-0.05, 0) is 55.2 Å². The second kappa shape index (κ2) is 8.49. The molecule has 1 amide bonds. The summed E-state index contributed by atoms with van der Waals surface area (Å²) in [5.41, 5.74) is 0.553. The predicted octanol–water partition coefficient (Wildman–Crippen LogP) is 1.92. The van der Waals surface area contributed by atoms with Crippen molar-refractivity contribution in [3.63, 3.8) is 0 Å². The van der Waals surface area contributed by atoms with Gasteiger partial charge in [-0.1, -0.05) is 0 Å². The maximum Gasteiger partial charge on any atom is 0.255 e. The minimum atomic E-state index is -3.59. The van der Waals surface area contributed by atoms with Crippen LogP contribution < -0.4 is 9.46 Å². The number of nitrogens with zero attached hydrogens (tertiary/aromatic N) is 2. The summed E-state index contributed by atoms with van der Waals surface area (Å²) >= 11 is 0. The van der Waals surface area contributed by atoms with Crippen LogP contribution in [0.15, 0.2) is 53.7 Å². The number of ether oxygens (including phenoxy) is 1. The molecule has 0 bridgehead atoms.